The van der Waals surface area contributed by atoms with Crippen molar-refractivity contribution in [2.75, 3.05) is 38.6 Å². The smallest absolute Gasteiger partial charge is 0.319 e. The van der Waals surface area contributed by atoms with E-state index in [1.807, 2.05) is 25.1 Å². The monoisotopic (exact) mass is 341 g/mol. The van der Waals surface area contributed by atoms with Crippen molar-refractivity contribution in [1.29, 1.82) is 0 Å². The van der Waals surface area contributed by atoms with Gasteiger partial charge in [-0.1, -0.05) is 15.9 Å². The van der Waals surface area contributed by atoms with E-state index in [2.05, 4.69) is 38.5 Å². The van der Waals surface area contributed by atoms with Crippen LogP contribution in [0.25, 0.3) is 0 Å². The number of amides is 2. The molecule has 0 unspecified atom stereocenters. The van der Waals surface area contributed by atoms with Crippen molar-refractivity contribution in [3.05, 3.63) is 28.2 Å². The molecule has 0 spiro atoms. The molecule has 0 bridgehead atoms. The summed E-state index contributed by atoms with van der Waals surface area (Å²) in [5.74, 6) is 0. The average Bonchev–Trinajstić information content (AvgIpc) is 2.40. The van der Waals surface area contributed by atoms with E-state index in [1.165, 1.54) is 0 Å². The normalized spacial score (nSPS) is 19.6. The summed E-state index contributed by atoms with van der Waals surface area (Å²) in [6.07, 6.45) is 0.0607. The molecule has 1 heterocycles. The van der Waals surface area contributed by atoms with Crippen LogP contribution in [0.4, 0.5) is 10.5 Å². The van der Waals surface area contributed by atoms with Gasteiger partial charge in [0, 0.05) is 29.8 Å². The van der Waals surface area contributed by atoms with Crippen molar-refractivity contribution in [3.8, 4) is 0 Å². The van der Waals surface area contributed by atoms with E-state index in [-0.39, 0.29) is 12.1 Å². The van der Waals surface area contributed by atoms with Crippen LogP contribution in [0.1, 0.15) is 5.56 Å². The zero-order valence-corrected chi connectivity index (χ0v) is 13.4. The highest BCUT2D eigenvalue weighted by atomic mass is 79.9. The van der Waals surface area contributed by atoms with Gasteiger partial charge in [-0.3, -0.25) is 0 Å². The van der Waals surface area contributed by atoms with Crippen LogP contribution in [-0.4, -0.2) is 50.3 Å². The van der Waals surface area contributed by atoms with Crippen molar-refractivity contribution in [2.24, 2.45) is 0 Å². The molecular formula is C14H20BrN3O2. The number of likely N-dealkylation sites (N-methyl/N-ethyl adjacent to an activating group) is 1. The number of ether oxygens (including phenoxy) is 1. The van der Waals surface area contributed by atoms with Crippen molar-refractivity contribution in [1.82, 2.24) is 10.2 Å². The fourth-order valence-corrected chi connectivity index (χ4v) is 2.61. The highest BCUT2D eigenvalue weighted by Gasteiger charge is 2.18. The molecule has 6 heteroatoms. The minimum Gasteiger partial charge on any atom is -0.374 e. The molecule has 1 atom stereocenters. The molecule has 1 aromatic rings. The van der Waals surface area contributed by atoms with Gasteiger partial charge in [0.25, 0.3) is 0 Å². The molecule has 1 aliphatic heterocycles. The number of carbonyl (C=O) groups excluding carboxylic acids is 1. The van der Waals surface area contributed by atoms with Gasteiger partial charge >= 0.3 is 6.03 Å². The van der Waals surface area contributed by atoms with Crippen LogP contribution in [0.2, 0.25) is 0 Å². The van der Waals surface area contributed by atoms with E-state index < -0.39 is 0 Å². The lowest BCUT2D eigenvalue weighted by Gasteiger charge is -2.30. The zero-order valence-electron chi connectivity index (χ0n) is 11.8. The Bertz CT molecular complexity index is 481. The number of nitrogens with one attached hydrogen (secondary N) is 2. The quantitative estimate of drug-likeness (QED) is 0.886. The molecule has 1 aromatic carbocycles. The van der Waals surface area contributed by atoms with Crippen LogP contribution < -0.4 is 10.6 Å². The van der Waals surface area contributed by atoms with E-state index >= 15 is 0 Å². The van der Waals surface area contributed by atoms with E-state index in [4.69, 9.17) is 4.74 Å². The molecule has 0 aliphatic carbocycles. The number of aryl methyl sites for hydroxylation is 1. The number of urea groups is 1. The second-order valence-electron chi connectivity index (χ2n) is 5.05. The maximum atomic E-state index is 11.9. The third kappa shape index (κ3) is 4.47. The molecule has 0 radical (unpaired) electrons. The fourth-order valence-electron chi connectivity index (χ4n) is 2.13. The van der Waals surface area contributed by atoms with Crippen molar-refractivity contribution < 1.29 is 9.53 Å². The van der Waals surface area contributed by atoms with Gasteiger partial charge in [-0.05, 0) is 37.7 Å². The van der Waals surface area contributed by atoms with E-state index in [0.29, 0.717) is 6.54 Å². The number of nitrogens with zero attached hydrogens (tertiary/aromatic N) is 1. The summed E-state index contributed by atoms with van der Waals surface area (Å²) in [7, 11) is 2.06. The van der Waals surface area contributed by atoms with Crippen LogP contribution >= 0.6 is 15.9 Å². The van der Waals surface area contributed by atoms with Crippen LogP contribution in [0.15, 0.2) is 22.7 Å². The summed E-state index contributed by atoms with van der Waals surface area (Å²) in [5.41, 5.74) is 1.83. The number of hydrogen-bond acceptors (Lipinski definition) is 3. The number of hydrogen-bond donors (Lipinski definition) is 2. The Morgan fingerprint density at radius 1 is 1.55 bits per heavy atom. The largest absolute Gasteiger partial charge is 0.374 e. The Hall–Kier alpha value is -1.11. The summed E-state index contributed by atoms with van der Waals surface area (Å²) in [6.45, 7) is 4.99. The minimum atomic E-state index is -0.202. The summed E-state index contributed by atoms with van der Waals surface area (Å²) in [5, 5.41) is 5.70. The Labute approximate surface area is 127 Å². The van der Waals surface area contributed by atoms with Gasteiger partial charge in [0.15, 0.2) is 0 Å². The van der Waals surface area contributed by atoms with E-state index in [1.54, 1.807) is 0 Å². The topological polar surface area (TPSA) is 53.6 Å². The number of benzene rings is 1. The lowest BCUT2D eigenvalue weighted by molar-refractivity contribution is -0.0166. The van der Waals surface area contributed by atoms with Gasteiger partial charge in [-0.2, -0.15) is 0 Å². The van der Waals surface area contributed by atoms with Crippen molar-refractivity contribution >= 4 is 27.6 Å². The molecule has 2 amide bonds. The van der Waals surface area contributed by atoms with Crippen LogP contribution in [0.3, 0.4) is 0 Å². The Kier molecular flexibility index (Phi) is 5.39. The first-order valence-corrected chi connectivity index (χ1v) is 7.45. The lowest BCUT2D eigenvalue weighted by Crippen LogP contribution is -2.46. The molecule has 2 rings (SSSR count). The Balaban J connectivity index is 1.80. The van der Waals surface area contributed by atoms with Crippen molar-refractivity contribution in [2.45, 2.75) is 13.0 Å². The van der Waals surface area contributed by atoms with Gasteiger partial charge in [0.05, 0.1) is 12.7 Å². The predicted molar refractivity (Wildman–Crippen MR) is 83.1 cm³/mol. The minimum absolute atomic E-state index is 0.0607. The molecule has 5 nitrogen and oxygen atoms in total. The fraction of sp³-hybridized carbons (Fsp3) is 0.500. The van der Waals surface area contributed by atoms with Crippen LogP contribution in [-0.2, 0) is 4.74 Å². The van der Waals surface area contributed by atoms with Gasteiger partial charge in [0.1, 0.15) is 0 Å². The number of rotatable bonds is 3. The van der Waals surface area contributed by atoms with E-state index in [9.17, 15) is 4.79 Å². The predicted octanol–water partition coefficient (Wildman–Crippen LogP) is 2.21. The lowest BCUT2D eigenvalue weighted by atomic mass is 10.2. The molecule has 1 fully saturated rings. The summed E-state index contributed by atoms with van der Waals surface area (Å²) in [4.78, 5) is 14.1. The Morgan fingerprint density at radius 2 is 2.35 bits per heavy atom. The third-order valence-corrected chi connectivity index (χ3v) is 3.76. The first-order chi connectivity index (χ1) is 9.54. The second kappa shape index (κ2) is 7.06. The van der Waals surface area contributed by atoms with Crippen LogP contribution in [0.5, 0.6) is 0 Å². The van der Waals surface area contributed by atoms with Crippen LogP contribution in [0, 0.1) is 6.92 Å². The van der Waals surface area contributed by atoms with Gasteiger partial charge in [-0.25, -0.2) is 4.79 Å². The van der Waals surface area contributed by atoms with Gasteiger partial charge < -0.3 is 20.3 Å². The molecule has 1 aliphatic rings. The molecule has 1 saturated heterocycles. The van der Waals surface area contributed by atoms with Gasteiger partial charge in [-0.15, -0.1) is 0 Å². The second-order valence-corrected chi connectivity index (χ2v) is 5.96. The maximum Gasteiger partial charge on any atom is 0.319 e. The first-order valence-electron chi connectivity index (χ1n) is 6.66. The summed E-state index contributed by atoms with van der Waals surface area (Å²) >= 11 is 3.40. The molecule has 110 valence electrons. The average molecular weight is 342 g/mol. The number of anilines is 1. The van der Waals surface area contributed by atoms with E-state index in [0.717, 1.165) is 35.4 Å². The first kappa shape index (κ1) is 15.3. The number of halogens is 1. The molecule has 20 heavy (non-hydrogen) atoms. The maximum absolute atomic E-state index is 11.9. The highest BCUT2D eigenvalue weighted by molar-refractivity contribution is 9.10. The van der Waals surface area contributed by atoms with Gasteiger partial charge in [0.2, 0.25) is 0 Å². The standard InChI is InChI=1S/C14H20BrN3O2/c1-10-7-11(15)3-4-13(10)17-14(19)16-8-12-9-18(2)5-6-20-12/h3-4,7,12H,5-6,8-9H2,1-2H3,(H2,16,17,19)/t12-/m1/s1. The molecule has 2 N–H and O–H groups in total. The Morgan fingerprint density at radius 3 is 3.05 bits per heavy atom. The van der Waals surface area contributed by atoms with Crippen molar-refractivity contribution in [3.63, 3.8) is 0 Å². The zero-order chi connectivity index (χ0) is 14.5. The SMILES string of the molecule is Cc1cc(Br)ccc1NC(=O)NC[C@@H]1CN(C)CCO1. The summed E-state index contributed by atoms with van der Waals surface area (Å²) in [6, 6.07) is 5.55. The molecular weight excluding hydrogens is 322 g/mol. The number of morpholine rings is 1. The molecule has 0 aromatic heterocycles. The number of carbonyl (C=O) groups is 1. The third-order valence-electron chi connectivity index (χ3n) is 3.27. The highest BCUT2D eigenvalue weighted by Crippen LogP contribution is 2.19. The summed E-state index contributed by atoms with van der Waals surface area (Å²) < 4.78 is 6.60. The molecule has 0 saturated carbocycles.